The van der Waals surface area contributed by atoms with E-state index < -0.39 is 14.7 Å². The molecule has 0 N–H and O–H groups in total. The van der Waals surface area contributed by atoms with Crippen LogP contribution in [0.4, 0.5) is 0 Å². The van der Waals surface area contributed by atoms with Gasteiger partial charge in [0, 0.05) is 43.8 Å². The number of hydrogen-bond donors (Lipinski definition) is 0. The Morgan fingerprint density at radius 2 is 0.614 bits per heavy atom. The fourth-order valence-corrected chi connectivity index (χ4v) is 18.3. The minimum Gasteiger partial charge on any atom is -0.453 e. The summed E-state index contributed by atoms with van der Waals surface area (Å²) >= 11 is 0. The molecule has 6 aromatic heterocycles. The summed E-state index contributed by atoms with van der Waals surface area (Å²) in [5.74, 6) is 0. The standard InChI is InChI=1S/C62H36N4O2P2/c1-5-21-39(22-6-1)63-45-31-17-33-49-57(45)69-59-47(35-37-19-13-15-29-43(37)51(59)63)65(41-25-9-3-10-26-41)53-56-62-54(55(67-49)61(53)69)66(42-27-11-4-12-28-42)48-36-38-20-14-16-30-44(38)52-60(48)70(62)58-46(32-18-34-50(58)68-56)64(52)40-23-7-2-8-24-40/h1-36H. The van der Waals surface area contributed by atoms with E-state index in [2.05, 4.69) is 237 Å². The molecule has 6 nitrogen and oxygen atoms in total. The molecule has 11 aromatic carbocycles. The van der Waals surface area contributed by atoms with Gasteiger partial charge >= 0.3 is 0 Å². The molecule has 2 unspecified atom stereocenters. The number of rotatable bonds is 4. The minimum atomic E-state index is -1.24. The van der Waals surface area contributed by atoms with Crippen LogP contribution in [0.25, 0.3) is 141 Å². The Kier molecular flexibility index (Phi) is 7.21. The quantitative estimate of drug-likeness (QED) is 0.130. The van der Waals surface area contributed by atoms with E-state index in [1.54, 1.807) is 0 Å². The van der Waals surface area contributed by atoms with Crippen molar-refractivity contribution in [3.63, 3.8) is 0 Å². The van der Waals surface area contributed by atoms with Crippen LogP contribution in [-0.4, -0.2) is 18.3 Å². The maximum atomic E-state index is 7.82. The van der Waals surface area contributed by atoms with Crippen molar-refractivity contribution in [2.75, 3.05) is 0 Å². The predicted molar refractivity (Wildman–Crippen MR) is 295 cm³/mol. The largest absolute Gasteiger partial charge is 0.453 e. The van der Waals surface area contributed by atoms with Gasteiger partial charge in [0.2, 0.25) is 0 Å². The number of nitrogens with zero attached hydrogens (tertiary/aromatic N) is 4. The number of para-hydroxylation sites is 4. The fourth-order valence-electron chi connectivity index (χ4n) is 12.3. The van der Waals surface area contributed by atoms with Gasteiger partial charge in [-0.15, -0.1) is 0 Å². The normalized spacial score (nSPS) is 13.1. The number of fused-ring (bicyclic) bond motifs is 6. The Bertz CT molecular complexity index is 4720. The van der Waals surface area contributed by atoms with Crippen molar-refractivity contribution in [1.29, 1.82) is 0 Å². The minimum absolute atomic E-state index is 0.902. The molecular formula is C62H36N4O2P2. The van der Waals surface area contributed by atoms with Crippen LogP contribution in [0.5, 0.6) is 0 Å². The van der Waals surface area contributed by atoms with Crippen LogP contribution < -0.4 is 0 Å². The first-order valence-corrected chi connectivity index (χ1v) is 26.5. The Hall–Kier alpha value is -8.66. The SMILES string of the molecule is c1ccc(-n2c3cc4ccccc4c4c3p3c5c(cccc5n4-c4ccccc4)oc4c5c6c(oc7cccc8c7p6c6c(cc7ccccc7c6n8-c6ccccc6)n5-c5ccccc5)c2c43)cc1. The molecule has 0 aliphatic rings. The Morgan fingerprint density at radius 1 is 0.271 bits per heavy atom. The summed E-state index contributed by atoms with van der Waals surface area (Å²) in [4.78, 5) is 0. The molecule has 0 fully saturated rings. The highest BCUT2D eigenvalue weighted by Crippen LogP contribution is 2.63. The third-order valence-corrected chi connectivity index (χ3v) is 20.2. The Labute approximate surface area is 399 Å². The molecule has 0 bridgehead atoms. The molecule has 0 radical (unpaired) electrons. The van der Waals surface area contributed by atoms with Gasteiger partial charge in [-0.1, -0.05) is 148 Å². The Balaban J connectivity index is 1.27. The van der Waals surface area contributed by atoms with Crippen molar-refractivity contribution in [1.82, 2.24) is 18.3 Å². The molecule has 326 valence electrons. The molecule has 17 aromatic rings. The molecule has 17 rings (SSSR count). The molecule has 0 saturated carbocycles. The number of hydrogen-bond acceptors (Lipinski definition) is 2. The Morgan fingerprint density at radius 3 is 1.00 bits per heavy atom. The zero-order valence-electron chi connectivity index (χ0n) is 37.3. The van der Waals surface area contributed by atoms with Gasteiger partial charge in [-0.3, -0.25) is 0 Å². The molecule has 0 amide bonds. The zero-order chi connectivity index (χ0) is 45.3. The van der Waals surface area contributed by atoms with E-state index in [0.717, 1.165) is 67.1 Å². The van der Waals surface area contributed by atoms with Crippen molar-refractivity contribution < 1.29 is 8.83 Å². The third-order valence-electron chi connectivity index (χ3n) is 14.9. The van der Waals surface area contributed by atoms with Gasteiger partial charge in [0.05, 0.1) is 53.6 Å². The van der Waals surface area contributed by atoms with Crippen LogP contribution in [0.3, 0.4) is 0 Å². The molecule has 0 aliphatic heterocycles. The van der Waals surface area contributed by atoms with Crippen LogP contribution in [0, 0.1) is 0 Å². The lowest BCUT2D eigenvalue weighted by Crippen LogP contribution is -2.08. The van der Waals surface area contributed by atoms with Crippen molar-refractivity contribution in [2.45, 2.75) is 0 Å². The van der Waals surface area contributed by atoms with E-state index in [0.29, 0.717) is 0 Å². The molecule has 8 heteroatoms. The van der Waals surface area contributed by atoms with Crippen molar-refractivity contribution in [3.8, 4) is 22.7 Å². The van der Waals surface area contributed by atoms with Gasteiger partial charge in [0.25, 0.3) is 0 Å². The summed E-state index contributed by atoms with van der Waals surface area (Å²) in [5.41, 5.74) is 17.2. The monoisotopic (exact) mass is 930 g/mol. The van der Waals surface area contributed by atoms with Crippen molar-refractivity contribution >= 4 is 133 Å². The number of aromatic nitrogens is 4. The second-order valence-electron chi connectivity index (χ2n) is 18.5. The van der Waals surface area contributed by atoms with E-state index in [1.165, 1.54) is 74.3 Å². The summed E-state index contributed by atoms with van der Waals surface area (Å²) < 4.78 is 25.7. The first kappa shape index (κ1) is 37.3. The number of benzene rings is 11. The lowest BCUT2D eigenvalue weighted by molar-refractivity contribution is 0.659. The van der Waals surface area contributed by atoms with Gasteiger partial charge in [0.15, 0.2) is 11.2 Å². The lowest BCUT2D eigenvalue weighted by Gasteiger charge is -2.30. The average molecular weight is 931 g/mol. The van der Waals surface area contributed by atoms with Gasteiger partial charge < -0.3 is 27.1 Å². The maximum Gasteiger partial charge on any atom is 0.166 e. The summed E-state index contributed by atoms with van der Waals surface area (Å²) in [6, 6.07) is 79.8. The average Bonchev–Trinajstić information content (AvgIpc) is 3.42. The molecular weight excluding hydrogens is 895 g/mol. The highest BCUT2D eigenvalue weighted by Gasteiger charge is 2.33. The van der Waals surface area contributed by atoms with Crippen LogP contribution in [0.15, 0.2) is 227 Å². The maximum absolute atomic E-state index is 7.82. The second kappa shape index (κ2) is 13.5. The lowest BCUT2D eigenvalue weighted by atomic mass is 10.1. The molecule has 0 saturated heterocycles. The molecule has 0 spiro atoms. The third kappa shape index (κ3) is 4.61. The highest BCUT2D eigenvalue weighted by molar-refractivity contribution is 7.65. The first-order valence-electron chi connectivity index (χ1n) is 23.8. The van der Waals surface area contributed by atoms with Crippen LogP contribution in [0.1, 0.15) is 0 Å². The van der Waals surface area contributed by atoms with E-state index in [-0.39, 0.29) is 0 Å². The van der Waals surface area contributed by atoms with Gasteiger partial charge in [0.1, 0.15) is 22.2 Å². The van der Waals surface area contributed by atoms with E-state index in [4.69, 9.17) is 8.83 Å². The van der Waals surface area contributed by atoms with Gasteiger partial charge in [-0.25, -0.2) is 0 Å². The van der Waals surface area contributed by atoms with Crippen LogP contribution >= 0.6 is 14.7 Å². The topological polar surface area (TPSA) is 46.0 Å². The molecule has 2 atom stereocenters. The molecule has 70 heavy (non-hydrogen) atoms. The highest BCUT2D eigenvalue weighted by atomic mass is 31.1. The van der Waals surface area contributed by atoms with E-state index >= 15 is 0 Å². The zero-order valence-corrected chi connectivity index (χ0v) is 39.1. The molecule has 6 heterocycles. The fraction of sp³-hybridized carbons (Fsp3) is 0. The van der Waals surface area contributed by atoms with E-state index in [9.17, 15) is 0 Å². The first-order chi connectivity index (χ1) is 34.8. The molecule has 0 aliphatic carbocycles. The predicted octanol–water partition coefficient (Wildman–Crippen LogP) is 18.4. The van der Waals surface area contributed by atoms with Gasteiger partial charge in [-0.05, 0) is 95.7 Å². The van der Waals surface area contributed by atoms with Crippen LogP contribution in [0.2, 0.25) is 0 Å². The second-order valence-corrected chi connectivity index (χ2v) is 22.5. The van der Waals surface area contributed by atoms with E-state index in [1.807, 2.05) is 0 Å². The summed E-state index contributed by atoms with van der Waals surface area (Å²) in [6.45, 7) is 0. The van der Waals surface area contributed by atoms with Crippen molar-refractivity contribution in [2.24, 2.45) is 0 Å². The smallest absolute Gasteiger partial charge is 0.166 e. The summed E-state index contributed by atoms with van der Waals surface area (Å²) in [7, 11) is -2.47. The van der Waals surface area contributed by atoms with Crippen molar-refractivity contribution in [3.05, 3.63) is 218 Å². The van der Waals surface area contributed by atoms with Crippen LogP contribution in [-0.2, 0) is 0 Å². The summed E-state index contributed by atoms with van der Waals surface area (Å²) in [5, 5.41) is 12.3. The van der Waals surface area contributed by atoms with Gasteiger partial charge in [-0.2, -0.15) is 0 Å². The summed E-state index contributed by atoms with van der Waals surface area (Å²) in [6.07, 6.45) is 0.